The SMILES string of the molecule is Cc1nc(N2CCCC[C@H]2C)c2c(C)c(C(=O)Nc3ccc(C)c(F)c3)sc2n1. The predicted molar refractivity (Wildman–Crippen MR) is 117 cm³/mol. The van der Waals surface area contributed by atoms with Crippen molar-refractivity contribution in [1.29, 1.82) is 0 Å². The normalized spacial score (nSPS) is 17.0. The molecule has 1 aliphatic heterocycles. The molecule has 1 atom stereocenters. The van der Waals surface area contributed by atoms with Gasteiger partial charge in [0, 0.05) is 18.3 Å². The lowest BCUT2D eigenvalue weighted by atomic mass is 10.0. The second-order valence-corrected chi connectivity index (χ2v) is 8.79. The first-order chi connectivity index (χ1) is 13.8. The molecule has 4 rings (SSSR count). The summed E-state index contributed by atoms with van der Waals surface area (Å²) < 4.78 is 13.8. The molecule has 0 aliphatic carbocycles. The Bertz CT molecular complexity index is 1090. The topological polar surface area (TPSA) is 58.1 Å². The van der Waals surface area contributed by atoms with Crippen molar-refractivity contribution in [1.82, 2.24) is 9.97 Å². The van der Waals surface area contributed by atoms with E-state index >= 15 is 0 Å². The molecule has 3 heterocycles. The second-order valence-electron chi connectivity index (χ2n) is 7.79. The van der Waals surface area contributed by atoms with Gasteiger partial charge in [0.05, 0.1) is 10.3 Å². The van der Waals surface area contributed by atoms with E-state index in [0.717, 1.165) is 41.0 Å². The minimum atomic E-state index is -0.335. The molecule has 1 saturated heterocycles. The molecule has 152 valence electrons. The lowest BCUT2D eigenvalue weighted by molar-refractivity contribution is 0.103. The first-order valence-corrected chi connectivity index (χ1v) is 10.8. The fourth-order valence-corrected chi connectivity index (χ4v) is 5.03. The van der Waals surface area contributed by atoms with Crippen molar-refractivity contribution in [3.05, 3.63) is 45.8 Å². The molecule has 29 heavy (non-hydrogen) atoms. The van der Waals surface area contributed by atoms with Crippen LogP contribution in [0.5, 0.6) is 0 Å². The number of carbonyl (C=O) groups is 1. The molecule has 1 aliphatic rings. The van der Waals surface area contributed by atoms with Gasteiger partial charge >= 0.3 is 0 Å². The molecular weight excluding hydrogens is 387 g/mol. The number of anilines is 2. The highest BCUT2D eigenvalue weighted by molar-refractivity contribution is 7.20. The summed E-state index contributed by atoms with van der Waals surface area (Å²) in [5, 5.41) is 3.77. The van der Waals surface area contributed by atoms with Crippen LogP contribution in [0.1, 0.15) is 52.8 Å². The van der Waals surface area contributed by atoms with E-state index in [1.807, 2.05) is 13.8 Å². The highest BCUT2D eigenvalue weighted by Crippen LogP contribution is 2.37. The Morgan fingerprint density at radius 1 is 1.24 bits per heavy atom. The van der Waals surface area contributed by atoms with Crippen molar-refractivity contribution in [2.75, 3.05) is 16.8 Å². The molecular formula is C22H25FN4OS. The van der Waals surface area contributed by atoms with Gasteiger partial charge in [0.1, 0.15) is 22.3 Å². The number of rotatable bonds is 3. The summed E-state index contributed by atoms with van der Waals surface area (Å²) in [5.74, 6) is 1.05. The number of aromatic nitrogens is 2. The smallest absolute Gasteiger partial charge is 0.266 e. The zero-order valence-corrected chi connectivity index (χ0v) is 18.0. The van der Waals surface area contributed by atoms with Gasteiger partial charge in [-0.15, -0.1) is 11.3 Å². The van der Waals surface area contributed by atoms with E-state index in [0.29, 0.717) is 28.0 Å². The number of benzene rings is 1. The molecule has 1 N–H and O–H groups in total. The highest BCUT2D eigenvalue weighted by Gasteiger charge is 2.26. The molecule has 7 heteroatoms. The van der Waals surface area contributed by atoms with Crippen molar-refractivity contribution in [3.8, 4) is 0 Å². The van der Waals surface area contributed by atoms with Gasteiger partial charge in [-0.3, -0.25) is 4.79 Å². The molecule has 0 saturated carbocycles. The molecule has 1 amide bonds. The number of amides is 1. The second kappa shape index (κ2) is 7.71. The van der Waals surface area contributed by atoms with Crippen LogP contribution in [0.2, 0.25) is 0 Å². The molecule has 0 spiro atoms. The van der Waals surface area contributed by atoms with Gasteiger partial charge in [0.15, 0.2) is 0 Å². The molecule has 3 aromatic rings. The van der Waals surface area contributed by atoms with Crippen LogP contribution in [0.4, 0.5) is 15.9 Å². The largest absolute Gasteiger partial charge is 0.353 e. The van der Waals surface area contributed by atoms with Crippen molar-refractivity contribution in [2.24, 2.45) is 0 Å². The summed E-state index contributed by atoms with van der Waals surface area (Å²) in [6.45, 7) is 8.72. The highest BCUT2D eigenvalue weighted by atomic mass is 32.1. The van der Waals surface area contributed by atoms with Gasteiger partial charge in [0.25, 0.3) is 5.91 Å². The quantitative estimate of drug-likeness (QED) is 0.627. The van der Waals surface area contributed by atoms with E-state index < -0.39 is 0 Å². The number of nitrogens with one attached hydrogen (secondary N) is 1. The van der Waals surface area contributed by atoms with Crippen LogP contribution >= 0.6 is 11.3 Å². The first-order valence-electron chi connectivity index (χ1n) is 9.97. The summed E-state index contributed by atoms with van der Waals surface area (Å²) in [7, 11) is 0. The maximum atomic E-state index is 13.8. The van der Waals surface area contributed by atoms with Crippen LogP contribution in [0.15, 0.2) is 18.2 Å². The summed E-state index contributed by atoms with van der Waals surface area (Å²) in [6, 6.07) is 5.13. The fraction of sp³-hybridized carbons (Fsp3) is 0.409. The van der Waals surface area contributed by atoms with Crippen molar-refractivity contribution < 1.29 is 9.18 Å². The summed E-state index contributed by atoms with van der Waals surface area (Å²) in [6.07, 6.45) is 3.51. The van der Waals surface area contributed by atoms with Crippen LogP contribution in [-0.4, -0.2) is 28.5 Å². The van der Waals surface area contributed by atoms with Crippen LogP contribution < -0.4 is 10.2 Å². The van der Waals surface area contributed by atoms with Gasteiger partial charge in [-0.05, 0) is 70.2 Å². The summed E-state index contributed by atoms with van der Waals surface area (Å²) in [5.41, 5.74) is 1.87. The minimum Gasteiger partial charge on any atom is -0.353 e. The number of thiophene rings is 1. The fourth-order valence-electron chi connectivity index (χ4n) is 3.92. The Morgan fingerprint density at radius 2 is 2.03 bits per heavy atom. The van der Waals surface area contributed by atoms with E-state index in [4.69, 9.17) is 4.98 Å². The van der Waals surface area contributed by atoms with Crippen LogP contribution in [0, 0.1) is 26.6 Å². The Hall–Kier alpha value is -2.54. The Morgan fingerprint density at radius 3 is 2.76 bits per heavy atom. The number of halogens is 1. The standard InChI is InChI=1S/C22H25FN4OS/c1-12-8-9-16(11-17(12)23)26-21(28)19-14(3)18-20(24-15(4)25-22(18)29-19)27-10-6-5-7-13(27)2/h8-9,11,13H,5-7,10H2,1-4H3,(H,26,28)/t13-/m1/s1. The van der Waals surface area contributed by atoms with Crippen LogP contribution in [-0.2, 0) is 0 Å². The molecule has 5 nitrogen and oxygen atoms in total. The van der Waals surface area contributed by atoms with E-state index in [1.165, 1.54) is 23.8 Å². The number of hydrogen-bond acceptors (Lipinski definition) is 5. The number of fused-ring (bicyclic) bond motifs is 1. The van der Waals surface area contributed by atoms with Crippen LogP contribution in [0.3, 0.4) is 0 Å². The third-order valence-corrected chi connectivity index (χ3v) is 6.78. The van der Waals surface area contributed by atoms with Gasteiger partial charge in [-0.1, -0.05) is 6.07 Å². The molecule has 0 unspecified atom stereocenters. The Kier molecular flexibility index (Phi) is 5.25. The summed E-state index contributed by atoms with van der Waals surface area (Å²) in [4.78, 5) is 26.1. The Labute approximate surface area is 174 Å². The zero-order valence-electron chi connectivity index (χ0n) is 17.2. The lowest BCUT2D eigenvalue weighted by Gasteiger charge is -2.35. The maximum Gasteiger partial charge on any atom is 0.266 e. The maximum absolute atomic E-state index is 13.8. The monoisotopic (exact) mass is 412 g/mol. The van der Waals surface area contributed by atoms with Gasteiger partial charge < -0.3 is 10.2 Å². The number of carbonyl (C=O) groups excluding carboxylic acids is 1. The lowest BCUT2D eigenvalue weighted by Crippen LogP contribution is -2.38. The molecule has 0 radical (unpaired) electrons. The van der Waals surface area contributed by atoms with Gasteiger partial charge in [-0.25, -0.2) is 14.4 Å². The zero-order chi connectivity index (χ0) is 20.7. The van der Waals surface area contributed by atoms with Crippen molar-refractivity contribution in [3.63, 3.8) is 0 Å². The minimum absolute atomic E-state index is 0.246. The average Bonchev–Trinajstić information content (AvgIpc) is 3.01. The van der Waals surface area contributed by atoms with E-state index in [-0.39, 0.29) is 11.7 Å². The number of hydrogen-bond donors (Lipinski definition) is 1. The van der Waals surface area contributed by atoms with Gasteiger partial charge in [-0.2, -0.15) is 0 Å². The Balaban J connectivity index is 1.74. The number of aryl methyl sites for hydroxylation is 3. The molecule has 2 aromatic heterocycles. The third kappa shape index (κ3) is 3.71. The molecule has 1 aromatic carbocycles. The summed E-state index contributed by atoms with van der Waals surface area (Å²) >= 11 is 1.37. The number of piperidine rings is 1. The average molecular weight is 413 g/mol. The van der Waals surface area contributed by atoms with E-state index in [2.05, 4.69) is 22.1 Å². The van der Waals surface area contributed by atoms with Crippen molar-refractivity contribution >= 4 is 39.0 Å². The van der Waals surface area contributed by atoms with Gasteiger partial charge in [0.2, 0.25) is 0 Å². The van der Waals surface area contributed by atoms with E-state index in [1.54, 1.807) is 19.1 Å². The molecule has 1 fully saturated rings. The van der Waals surface area contributed by atoms with E-state index in [9.17, 15) is 9.18 Å². The van der Waals surface area contributed by atoms with Crippen LogP contribution in [0.25, 0.3) is 10.2 Å². The first kappa shape index (κ1) is 19.8. The van der Waals surface area contributed by atoms with Crippen molar-refractivity contribution in [2.45, 2.75) is 53.0 Å². The third-order valence-electron chi connectivity index (χ3n) is 5.59. The predicted octanol–water partition coefficient (Wildman–Crippen LogP) is 5.39. The number of nitrogens with zero attached hydrogens (tertiary/aromatic N) is 3. The molecule has 0 bridgehead atoms.